The highest BCUT2D eigenvalue weighted by atomic mass is 27.0. The second kappa shape index (κ2) is 2.87. The molecule has 0 aliphatic rings. The van der Waals surface area contributed by atoms with Crippen LogP contribution < -0.4 is 4.43 Å². The zero-order chi connectivity index (χ0) is 7.56. The van der Waals surface area contributed by atoms with Gasteiger partial charge in [0, 0.05) is 0 Å². The fourth-order valence-corrected chi connectivity index (χ4v) is 0.818. The molecule has 0 aromatic heterocycles. The molecule has 0 amide bonds. The van der Waals surface area contributed by atoms with Crippen molar-refractivity contribution in [1.29, 1.82) is 0 Å². The Kier molecular flexibility index (Phi) is 2.10. The van der Waals surface area contributed by atoms with Crippen LogP contribution >= 0.6 is 0 Å². The third kappa shape index (κ3) is 1.60. The van der Waals surface area contributed by atoms with Gasteiger partial charge in [-0.15, -0.1) is 4.43 Å². The lowest BCUT2D eigenvalue weighted by molar-refractivity contribution is 0.0697. The van der Waals surface area contributed by atoms with Gasteiger partial charge in [0.15, 0.2) is 16.3 Å². The van der Waals surface area contributed by atoms with Gasteiger partial charge >= 0.3 is 5.97 Å². The van der Waals surface area contributed by atoms with Gasteiger partial charge in [-0.3, -0.25) is 0 Å². The van der Waals surface area contributed by atoms with E-state index in [0.717, 1.165) is 4.43 Å². The second-order valence-electron chi connectivity index (χ2n) is 1.93. The first-order valence-corrected chi connectivity index (χ1v) is 3.37. The summed E-state index contributed by atoms with van der Waals surface area (Å²) in [6.07, 6.45) is 0. The van der Waals surface area contributed by atoms with Crippen molar-refractivity contribution in [3.05, 3.63) is 29.8 Å². The molecule has 0 unspecified atom stereocenters. The van der Waals surface area contributed by atoms with E-state index in [-0.39, 0.29) is 0 Å². The van der Waals surface area contributed by atoms with Gasteiger partial charge in [-0.25, -0.2) is 4.79 Å². The number of hydrogen-bond acceptors (Lipinski definition) is 1. The number of hydrogen-bond donors (Lipinski definition) is 1. The van der Waals surface area contributed by atoms with Crippen molar-refractivity contribution < 1.29 is 9.90 Å². The molecule has 0 atom stereocenters. The number of benzene rings is 1. The highest BCUT2D eigenvalue weighted by molar-refractivity contribution is 6.32. The predicted octanol–water partition coefficient (Wildman–Crippen LogP) is 0.179. The van der Waals surface area contributed by atoms with Gasteiger partial charge in [0.25, 0.3) is 0 Å². The van der Waals surface area contributed by atoms with Crippen molar-refractivity contribution in [2.24, 2.45) is 0 Å². The number of carbonyl (C=O) groups is 1. The molecule has 2 radical (unpaired) electrons. The van der Waals surface area contributed by atoms with E-state index in [0.29, 0.717) is 5.56 Å². The summed E-state index contributed by atoms with van der Waals surface area (Å²) < 4.78 is 0.991. The monoisotopic (exact) mass is 148 g/mol. The van der Waals surface area contributed by atoms with Crippen LogP contribution in [0.4, 0.5) is 0 Å². The number of rotatable bonds is 1. The molecule has 0 aliphatic heterocycles. The van der Waals surface area contributed by atoms with E-state index < -0.39 is 5.97 Å². The molecule has 0 saturated heterocycles. The van der Waals surface area contributed by atoms with Gasteiger partial charge in [0.1, 0.15) is 0 Å². The van der Waals surface area contributed by atoms with E-state index in [4.69, 9.17) is 5.11 Å². The molecule has 0 aliphatic carbocycles. The molecule has 2 nitrogen and oxygen atoms in total. The Morgan fingerprint density at radius 3 is 2.20 bits per heavy atom. The standard InChI is InChI=1S/C7H5O2.Al/c8-7(9)6-4-2-1-3-5-6;/h2-5H,(H,8,9);. The van der Waals surface area contributed by atoms with Crippen LogP contribution in [0, 0.1) is 0 Å². The minimum Gasteiger partial charge on any atom is -0.478 e. The number of aromatic carboxylic acids is 1. The molecule has 0 heterocycles. The molecule has 1 N–H and O–H groups in total. The Morgan fingerprint density at radius 1 is 1.30 bits per heavy atom. The lowest BCUT2D eigenvalue weighted by atomic mass is 10.2. The molecule has 0 spiro atoms. The fourth-order valence-electron chi connectivity index (χ4n) is 0.626. The van der Waals surface area contributed by atoms with Crippen molar-refractivity contribution in [2.75, 3.05) is 0 Å². The summed E-state index contributed by atoms with van der Waals surface area (Å²) in [5.74, 6) is -0.884. The van der Waals surface area contributed by atoms with E-state index >= 15 is 0 Å². The van der Waals surface area contributed by atoms with Crippen LogP contribution in [0.3, 0.4) is 0 Å². The lowest BCUT2D eigenvalue weighted by Gasteiger charge is -1.93. The van der Waals surface area contributed by atoms with Gasteiger partial charge < -0.3 is 5.11 Å². The summed E-state index contributed by atoms with van der Waals surface area (Å²) in [4.78, 5) is 10.3. The van der Waals surface area contributed by atoms with Crippen molar-refractivity contribution in [2.45, 2.75) is 0 Å². The fraction of sp³-hybridized carbons (Fsp3) is 0. The van der Waals surface area contributed by atoms with Crippen LogP contribution in [0.15, 0.2) is 24.3 Å². The molecule has 0 bridgehead atoms. The topological polar surface area (TPSA) is 37.3 Å². The molecule has 3 heteroatoms. The third-order valence-electron chi connectivity index (χ3n) is 1.16. The lowest BCUT2D eigenvalue weighted by Crippen LogP contribution is -2.03. The first-order valence-electron chi connectivity index (χ1n) is 2.79. The van der Waals surface area contributed by atoms with Crippen LogP contribution in [0.2, 0.25) is 0 Å². The zero-order valence-electron chi connectivity index (χ0n) is 5.24. The summed E-state index contributed by atoms with van der Waals surface area (Å²) in [6, 6.07) is 6.64. The Balaban J connectivity index is 3.00. The number of carboxylic acid groups (broad SMARTS) is 1. The third-order valence-corrected chi connectivity index (χ3v) is 1.54. The Morgan fingerprint density at radius 2 is 1.80 bits per heavy atom. The average Bonchev–Trinajstić information content (AvgIpc) is 1.88. The summed E-state index contributed by atoms with van der Waals surface area (Å²) in [6.45, 7) is 0. The molecule has 1 rings (SSSR count). The Hall–Kier alpha value is -0.778. The van der Waals surface area contributed by atoms with Gasteiger partial charge in [0.05, 0.1) is 5.56 Å². The molecule has 48 valence electrons. The van der Waals surface area contributed by atoms with Crippen LogP contribution in [-0.2, 0) is 0 Å². The van der Waals surface area contributed by atoms with Crippen LogP contribution in [0.1, 0.15) is 10.4 Å². The van der Waals surface area contributed by atoms with Crippen molar-refractivity contribution in [1.82, 2.24) is 0 Å². The van der Waals surface area contributed by atoms with Crippen molar-refractivity contribution in [3.8, 4) is 0 Å². The summed E-state index contributed by atoms with van der Waals surface area (Å²) in [5.41, 5.74) is 0.325. The van der Waals surface area contributed by atoms with Crippen molar-refractivity contribution in [3.63, 3.8) is 0 Å². The molecule has 0 fully saturated rings. The van der Waals surface area contributed by atoms with Crippen molar-refractivity contribution >= 4 is 26.7 Å². The minimum absolute atomic E-state index is 0.325. The molecular formula is C7H5AlO2. The summed E-state index contributed by atoms with van der Waals surface area (Å²) in [7, 11) is 0. The minimum atomic E-state index is -0.884. The largest absolute Gasteiger partial charge is 0.478 e. The average molecular weight is 148 g/mol. The first-order chi connectivity index (χ1) is 4.70. The second-order valence-corrected chi connectivity index (χ2v) is 2.59. The Labute approximate surface area is 66.9 Å². The van der Waals surface area contributed by atoms with E-state index in [1.54, 1.807) is 24.3 Å². The maximum atomic E-state index is 10.3. The molecule has 1 aromatic carbocycles. The molecule has 0 saturated carbocycles. The Bertz CT molecular complexity index is 240. The normalized spacial score (nSPS) is 9.20. The number of carboxylic acids is 1. The van der Waals surface area contributed by atoms with Crippen LogP contribution in [-0.4, -0.2) is 27.4 Å². The first kappa shape index (κ1) is 7.33. The van der Waals surface area contributed by atoms with E-state index in [1.807, 2.05) is 0 Å². The summed E-state index contributed by atoms with van der Waals surface area (Å²) >= 11 is 2.49. The van der Waals surface area contributed by atoms with Gasteiger partial charge in [-0.1, -0.05) is 12.1 Å². The van der Waals surface area contributed by atoms with Gasteiger partial charge in [-0.2, -0.15) is 0 Å². The zero-order valence-corrected chi connectivity index (χ0v) is 6.40. The predicted molar refractivity (Wildman–Crippen MR) is 38.8 cm³/mol. The highest BCUT2D eigenvalue weighted by Crippen LogP contribution is 1.94. The smallest absolute Gasteiger partial charge is 0.335 e. The summed E-state index contributed by atoms with van der Waals surface area (Å²) in [5, 5.41) is 8.47. The SMILES string of the molecule is O=C(O)c1cc[c]([Al])cc1. The molecular weight excluding hydrogens is 143 g/mol. The molecule has 1 aromatic rings. The highest BCUT2D eigenvalue weighted by Gasteiger charge is 1.98. The maximum absolute atomic E-state index is 10.3. The van der Waals surface area contributed by atoms with Gasteiger partial charge in [-0.05, 0) is 12.1 Å². The van der Waals surface area contributed by atoms with Gasteiger partial charge in [0.2, 0.25) is 0 Å². The van der Waals surface area contributed by atoms with Crippen LogP contribution in [0.5, 0.6) is 0 Å². The maximum Gasteiger partial charge on any atom is 0.335 e. The van der Waals surface area contributed by atoms with E-state index in [2.05, 4.69) is 16.3 Å². The van der Waals surface area contributed by atoms with E-state index in [1.165, 1.54) is 0 Å². The van der Waals surface area contributed by atoms with E-state index in [9.17, 15) is 4.79 Å². The quantitative estimate of drug-likeness (QED) is 0.577. The van der Waals surface area contributed by atoms with Crippen LogP contribution in [0.25, 0.3) is 0 Å². The molecule has 10 heavy (non-hydrogen) atoms.